The Kier molecular flexibility index (Phi) is 6.99. The molecule has 3 rings (SSSR count). The lowest BCUT2D eigenvalue weighted by Gasteiger charge is -2.11. The molecule has 0 atom stereocenters. The third kappa shape index (κ3) is 5.92. The lowest BCUT2D eigenvalue weighted by molar-refractivity contribution is -0.114. The number of halogens is 2. The number of hydrogen-bond donors (Lipinski definition) is 3. The molecule has 3 N–H and O–H groups in total. The van der Waals surface area contributed by atoms with Gasteiger partial charge in [0.15, 0.2) is 0 Å². The van der Waals surface area contributed by atoms with Crippen LogP contribution < -0.4 is 14.8 Å². The minimum Gasteiger partial charge on any atom is -0.326 e. The molecule has 0 heterocycles. The van der Waals surface area contributed by atoms with Gasteiger partial charge in [0.05, 0.1) is 25.5 Å². The average Bonchev–Trinajstić information content (AvgIpc) is 2.71. The molecule has 168 valence electrons. The van der Waals surface area contributed by atoms with Crippen molar-refractivity contribution < 1.29 is 21.6 Å². The Bertz CT molecular complexity index is 1360. The molecule has 12 heteroatoms. The monoisotopic (exact) mass is 513 g/mol. The van der Waals surface area contributed by atoms with E-state index in [0.717, 1.165) is 0 Å². The molecule has 0 aliphatic rings. The van der Waals surface area contributed by atoms with Gasteiger partial charge in [-0.05, 0) is 66.7 Å². The summed E-state index contributed by atoms with van der Waals surface area (Å²) in [5, 5.41) is 3.03. The minimum atomic E-state index is -3.93. The van der Waals surface area contributed by atoms with Crippen molar-refractivity contribution in [2.75, 3.05) is 14.8 Å². The smallest absolute Gasteiger partial charge is 0.261 e. The molecule has 0 saturated carbocycles. The Morgan fingerprint density at radius 1 is 0.656 bits per heavy atom. The zero-order valence-electron chi connectivity index (χ0n) is 16.5. The van der Waals surface area contributed by atoms with E-state index in [1.165, 1.54) is 73.7 Å². The highest BCUT2D eigenvalue weighted by molar-refractivity contribution is 7.93. The Labute approximate surface area is 195 Å². The molecule has 0 unspecified atom stereocenters. The summed E-state index contributed by atoms with van der Waals surface area (Å²) in [7, 11) is -7.85. The summed E-state index contributed by atoms with van der Waals surface area (Å²) in [6, 6.07) is 15.1. The first-order valence-corrected chi connectivity index (χ1v) is 12.7. The van der Waals surface area contributed by atoms with Crippen LogP contribution in [0.2, 0.25) is 10.0 Å². The van der Waals surface area contributed by atoms with E-state index in [1.54, 1.807) is 0 Å². The zero-order valence-corrected chi connectivity index (χ0v) is 19.6. The number of benzene rings is 3. The first kappa shape index (κ1) is 23.9. The Morgan fingerprint density at radius 3 is 1.56 bits per heavy atom. The van der Waals surface area contributed by atoms with Crippen LogP contribution in [0.3, 0.4) is 0 Å². The van der Waals surface area contributed by atoms with Crippen molar-refractivity contribution in [3.05, 3.63) is 76.8 Å². The summed E-state index contributed by atoms with van der Waals surface area (Å²) in [4.78, 5) is 11.0. The number of hydrogen-bond acceptors (Lipinski definition) is 5. The highest BCUT2D eigenvalue weighted by Gasteiger charge is 2.17. The van der Waals surface area contributed by atoms with Crippen LogP contribution in [-0.4, -0.2) is 22.7 Å². The van der Waals surface area contributed by atoms with Crippen LogP contribution in [0.15, 0.2) is 76.5 Å². The molecule has 0 spiro atoms. The molecular weight excluding hydrogens is 497 g/mol. The maximum Gasteiger partial charge on any atom is 0.261 e. The van der Waals surface area contributed by atoms with Crippen molar-refractivity contribution >= 4 is 66.2 Å². The molecule has 0 saturated heterocycles. The molecule has 32 heavy (non-hydrogen) atoms. The first-order valence-electron chi connectivity index (χ1n) is 8.95. The largest absolute Gasteiger partial charge is 0.326 e. The van der Waals surface area contributed by atoms with Crippen LogP contribution in [0.1, 0.15) is 6.92 Å². The number of nitrogens with one attached hydrogen (secondary N) is 3. The highest BCUT2D eigenvalue weighted by Crippen LogP contribution is 2.27. The SMILES string of the molecule is CC(=O)Nc1ccc(S(=O)(=O)Nc2ccc(S(=O)(=O)Nc3ccc(Cl)c(Cl)c3)cc2)cc1. The molecule has 0 aromatic heterocycles. The standard InChI is InChI=1S/C20H17Cl2N3O5S2/c1-13(26)23-14-2-7-17(8-3-14)31(27,28)24-15-4-9-18(10-5-15)32(29,30)25-16-6-11-19(21)20(22)12-16/h2-12,24-25H,1H3,(H,23,26). The molecule has 0 bridgehead atoms. The summed E-state index contributed by atoms with van der Waals surface area (Å²) in [5.41, 5.74) is 0.858. The fourth-order valence-electron chi connectivity index (χ4n) is 2.61. The van der Waals surface area contributed by atoms with Crippen molar-refractivity contribution in [3.8, 4) is 0 Å². The van der Waals surface area contributed by atoms with Crippen molar-refractivity contribution in [2.45, 2.75) is 16.7 Å². The van der Waals surface area contributed by atoms with Gasteiger partial charge in [-0.3, -0.25) is 14.2 Å². The molecular formula is C20H17Cl2N3O5S2. The molecule has 0 radical (unpaired) electrons. The van der Waals surface area contributed by atoms with Crippen molar-refractivity contribution in [2.24, 2.45) is 0 Å². The highest BCUT2D eigenvalue weighted by atomic mass is 35.5. The molecule has 0 fully saturated rings. The van der Waals surface area contributed by atoms with Crippen LogP contribution in [-0.2, 0) is 24.8 Å². The van der Waals surface area contributed by atoms with Gasteiger partial charge < -0.3 is 5.32 Å². The third-order valence-corrected chi connectivity index (χ3v) is 7.61. The number of rotatable bonds is 7. The van der Waals surface area contributed by atoms with Gasteiger partial charge in [-0.25, -0.2) is 16.8 Å². The Hall–Kier alpha value is -2.79. The molecule has 3 aromatic rings. The van der Waals surface area contributed by atoms with Gasteiger partial charge in [-0.2, -0.15) is 0 Å². The van der Waals surface area contributed by atoms with Gasteiger partial charge in [-0.15, -0.1) is 0 Å². The van der Waals surface area contributed by atoms with Gasteiger partial charge in [0.25, 0.3) is 20.0 Å². The van der Waals surface area contributed by atoms with Crippen LogP contribution in [0, 0.1) is 0 Å². The number of anilines is 3. The number of carbonyl (C=O) groups excluding carboxylic acids is 1. The summed E-state index contributed by atoms with van der Waals surface area (Å²) in [5.74, 6) is -0.276. The lowest BCUT2D eigenvalue weighted by atomic mass is 10.3. The van der Waals surface area contributed by atoms with E-state index in [9.17, 15) is 21.6 Å². The Morgan fingerprint density at radius 2 is 1.09 bits per heavy atom. The third-order valence-electron chi connectivity index (χ3n) is 4.07. The van der Waals surface area contributed by atoms with Gasteiger partial charge in [0.1, 0.15) is 0 Å². The second-order valence-corrected chi connectivity index (χ2v) is 10.7. The first-order chi connectivity index (χ1) is 15.0. The van der Waals surface area contributed by atoms with Crippen LogP contribution in [0.4, 0.5) is 17.1 Å². The van der Waals surface area contributed by atoms with Crippen LogP contribution in [0.25, 0.3) is 0 Å². The van der Waals surface area contributed by atoms with Crippen molar-refractivity contribution in [1.29, 1.82) is 0 Å². The molecule has 0 aliphatic carbocycles. The van der Waals surface area contributed by atoms with Gasteiger partial charge >= 0.3 is 0 Å². The van der Waals surface area contributed by atoms with Gasteiger partial charge in [0.2, 0.25) is 5.91 Å². The van der Waals surface area contributed by atoms with Crippen molar-refractivity contribution in [1.82, 2.24) is 0 Å². The fraction of sp³-hybridized carbons (Fsp3) is 0.0500. The predicted octanol–water partition coefficient (Wildman–Crippen LogP) is 4.55. The second-order valence-electron chi connectivity index (χ2n) is 6.57. The number of sulfonamides is 2. The topological polar surface area (TPSA) is 121 Å². The van der Waals surface area contributed by atoms with E-state index in [4.69, 9.17) is 23.2 Å². The quantitative estimate of drug-likeness (QED) is 0.427. The van der Waals surface area contributed by atoms with E-state index < -0.39 is 20.0 Å². The summed E-state index contributed by atoms with van der Waals surface area (Å²) >= 11 is 11.7. The van der Waals surface area contributed by atoms with Gasteiger partial charge in [-0.1, -0.05) is 23.2 Å². The van der Waals surface area contributed by atoms with E-state index in [-0.39, 0.29) is 37.1 Å². The molecule has 8 nitrogen and oxygen atoms in total. The summed E-state index contributed by atoms with van der Waals surface area (Å²) in [6.07, 6.45) is 0. The van der Waals surface area contributed by atoms with Gasteiger partial charge in [0, 0.05) is 18.3 Å². The summed E-state index contributed by atoms with van der Waals surface area (Å²) < 4.78 is 55.0. The normalized spacial score (nSPS) is 11.6. The van der Waals surface area contributed by atoms with Crippen LogP contribution in [0.5, 0.6) is 0 Å². The maximum atomic E-state index is 12.6. The fourth-order valence-corrected chi connectivity index (χ4v) is 5.02. The number of carbonyl (C=O) groups is 1. The predicted molar refractivity (Wildman–Crippen MR) is 125 cm³/mol. The van der Waals surface area contributed by atoms with Crippen LogP contribution >= 0.6 is 23.2 Å². The van der Waals surface area contributed by atoms with Crippen molar-refractivity contribution in [3.63, 3.8) is 0 Å². The minimum absolute atomic E-state index is 0.0235. The summed E-state index contributed by atoms with van der Waals surface area (Å²) in [6.45, 7) is 1.34. The zero-order chi connectivity index (χ0) is 23.5. The second kappa shape index (κ2) is 9.37. The average molecular weight is 514 g/mol. The molecule has 1 amide bonds. The molecule has 0 aliphatic heterocycles. The van der Waals surface area contributed by atoms with E-state index >= 15 is 0 Å². The van der Waals surface area contributed by atoms with E-state index in [0.29, 0.717) is 5.69 Å². The van der Waals surface area contributed by atoms with E-state index in [2.05, 4.69) is 14.8 Å². The maximum absolute atomic E-state index is 12.6. The Balaban J connectivity index is 1.74. The van der Waals surface area contributed by atoms with E-state index in [1.807, 2.05) is 0 Å². The molecule has 3 aromatic carbocycles. The number of amides is 1. The lowest BCUT2D eigenvalue weighted by Crippen LogP contribution is -2.15.